The number of ether oxygens (including phenoxy) is 2. The zero-order valence-corrected chi connectivity index (χ0v) is 9.55. The molecule has 0 radical (unpaired) electrons. The highest BCUT2D eigenvalue weighted by Gasteiger charge is 2.08. The van der Waals surface area contributed by atoms with Gasteiger partial charge in [0.2, 0.25) is 0 Å². The van der Waals surface area contributed by atoms with Gasteiger partial charge in [-0.25, -0.2) is 4.79 Å². The highest BCUT2D eigenvalue weighted by Crippen LogP contribution is 2.09. The molecular weight excluding hydrogens is 204 g/mol. The van der Waals surface area contributed by atoms with Crippen molar-refractivity contribution in [1.82, 2.24) is 0 Å². The van der Waals surface area contributed by atoms with Crippen molar-refractivity contribution in [3.05, 3.63) is 42.5 Å². The molecule has 0 aliphatic rings. The van der Waals surface area contributed by atoms with E-state index >= 15 is 0 Å². The molecule has 1 rings (SSSR count). The number of hydrogen-bond donors (Lipinski definition) is 0. The number of benzene rings is 1. The molecule has 16 heavy (non-hydrogen) atoms. The lowest BCUT2D eigenvalue weighted by Crippen LogP contribution is -2.16. The first-order valence-corrected chi connectivity index (χ1v) is 5.32. The van der Waals surface area contributed by atoms with Crippen LogP contribution in [-0.2, 0) is 4.74 Å². The van der Waals surface area contributed by atoms with Crippen molar-refractivity contribution in [2.45, 2.75) is 26.4 Å². The number of hydrogen-bond acceptors (Lipinski definition) is 3. The molecule has 0 N–H and O–H groups in total. The standard InChI is InChI=1S/C13H16O3/c1-3-4-8-11(2)15-13(14)16-12-9-6-5-7-10-12/h4-11H,3H2,1-2H3/b8-4+. The number of allylic oxidation sites excluding steroid dienone is 1. The van der Waals surface area contributed by atoms with Gasteiger partial charge >= 0.3 is 6.16 Å². The van der Waals surface area contributed by atoms with E-state index in [1.165, 1.54) is 0 Å². The van der Waals surface area contributed by atoms with Crippen LogP contribution in [0.5, 0.6) is 5.75 Å². The average molecular weight is 220 g/mol. The molecule has 3 nitrogen and oxygen atoms in total. The normalized spacial score (nSPS) is 12.4. The fourth-order valence-corrected chi connectivity index (χ4v) is 1.13. The fourth-order valence-electron chi connectivity index (χ4n) is 1.13. The molecule has 0 amide bonds. The minimum absolute atomic E-state index is 0.267. The monoisotopic (exact) mass is 220 g/mol. The van der Waals surface area contributed by atoms with Crippen molar-refractivity contribution in [2.75, 3.05) is 0 Å². The second-order valence-electron chi connectivity index (χ2n) is 3.32. The topological polar surface area (TPSA) is 35.5 Å². The Morgan fingerprint density at radius 2 is 2.06 bits per heavy atom. The summed E-state index contributed by atoms with van der Waals surface area (Å²) in [7, 11) is 0. The molecule has 0 spiro atoms. The van der Waals surface area contributed by atoms with E-state index in [9.17, 15) is 4.79 Å². The minimum Gasteiger partial charge on any atom is -0.427 e. The molecular formula is C13H16O3. The van der Waals surface area contributed by atoms with Gasteiger partial charge in [-0.3, -0.25) is 0 Å². The van der Waals surface area contributed by atoms with E-state index in [2.05, 4.69) is 0 Å². The molecule has 0 saturated heterocycles. The second kappa shape index (κ2) is 6.67. The minimum atomic E-state index is -0.681. The SMILES string of the molecule is CC/C=C/C(C)OC(=O)Oc1ccccc1. The summed E-state index contributed by atoms with van der Waals surface area (Å²) in [5.41, 5.74) is 0. The summed E-state index contributed by atoms with van der Waals surface area (Å²) >= 11 is 0. The van der Waals surface area contributed by atoms with Crippen LogP contribution >= 0.6 is 0 Å². The summed E-state index contributed by atoms with van der Waals surface area (Å²) < 4.78 is 9.98. The number of rotatable bonds is 4. The third kappa shape index (κ3) is 4.64. The van der Waals surface area contributed by atoms with Gasteiger partial charge in [-0.15, -0.1) is 0 Å². The Morgan fingerprint density at radius 3 is 2.69 bits per heavy atom. The van der Waals surface area contributed by atoms with Crippen LogP contribution < -0.4 is 4.74 Å². The number of para-hydroxylation sites is 1. The van der Waals surface area contributed by atoms with E-state index < -0.39 is 6.16 Å². The molecule has 0 bridgehead atoms. The Hall–Kier alpha value is -1.77. The maximum absolute atomic E-state index is 11.3. The third-order valence-electron chi connectivity index (χ3n) is 1.87. The van der Waals surface area contributed by atoms with Crippen LogP contribution in [0.3, 0.4) is 0 Å². The van der Waals surface area contributed by atoms with Crippen LogP contribution in [0.2, 0.25) is 0 Å². The second-order valence-corrected chi connectivity index (χ2v) is 3.32. The summed E-state index contributed by atoms with van der Waals surface area (Å²) in [4.78, 5) is 11.3. The van der Waals surface area contributed by atoms with E-state index in [1.807, 2.05) is 25.1 Å². The van der Waals surface area contributed by atoms with Gasteiger partial charge in [0.25, 0.3) is 0 Å². The van der Waals surface area contributed by atoms with Crippen molar-refractivity contribution < 1.29 is 14.3 Å². The highest BCUT2D eigenvalue weighted by atomic mass is 16.7. The van der Waals surface area contributed by atoms with E-state index in [4.69, 9.17) is 9.47 Å². The number of carbonyl (C=O) groups excluding carboxylic acids is 1. The van der Waals surface area contributed by atoms with Crippen molar-refractivity contribution >= 4 is 6.16 Å². The Labute approximate surface area is 95.7 Å². The molecule has 1 aromatic carbocycles. The van der Waals surface area contributed by atoms with Crippen molar-refractivity contribution in [3.8, 4) is 5.75 Å². The summed E-state index contributed by atoms with van der Waals surface area (Å²) in [6.07, 6.45) is 3.74. The molecule has 0 heterocycles. The number of carbonyl (C=O) groups is 1. The third-order valence-corrected chi connectivity index (χ3v) is 1.87. The van der Waals surface area contributed by atoms with E-state index in [0.717, 1.165) is 6.42 Å². The Morgan fingerprint density at radius 1 is 1.38 bits per heavy atom. The van der Waals surface area contributed by atoms with Crippen LogP contribution in [0.1, 0.15) is 20.3 Å². The first kappa shape index (κ1) is 12.3. The Bertz CT molecular complexity index is 343. The van der Waals surface area contributed by atoms with Gasteiger partial charge in [0.15, 0.2) is 0 Å². The van der Waals surface area contributed by atoms with Crippen LogP contribution in [-0.4, -0.2) is 12.3 Å². The molecule has 0 aliphatic carbocycles. The summed E-state index contributed by atoms with van der Waals surface area (Å²) in [5, 5.41) is 0. The van der Waals surface area contributed by atoms with Crippen molar-refractivity contribution in [1.29, 1.82) is 0 Å². The molecule has 0 aromatic heterocycles. The quantitative estimate of drug-likeness (QED) is 0.442. The Balaban J connectivity index is 2.39. The zero-order valence-electron chi connectivity index (χ0n) is 9.55. The lowest BCUT2D eigenvalue weighted by molar-refractivity contribution is 0.0823. The maximum Gasteiger partial charge on any atom is 0.514 e. The predicted octanol–water partition coefficient (Wildman–Crippen LogP) is 3.56. The van der Waals surface area contributed by atoms with Gasteiger partial charge in [0.1, 0.15) is 11.9 Å². The summed E-state index contributed by atoms with van der Waals surface area (Å²) in [6.45, 7) is 3.81. The maximum atomic E-state index is 11.3. The molecule has 1 atom stereocenters. The molecule has 0 aliphatic heterocycles. The van der Waals surface area contributed by atoms with E-state index in [1.54, 1.807) is 31.2 Å². The van der Waals surface area contributed by atoms with Gasteiger partial charge in [-0.05, 0) is 31.6 Å². The highest BCUT2D eigenvalue weighted by molar-refractivity contribution is 5.64. The van der Waals surface area contributed by atoms with Crippen molar-refractivity contribution in [3.63, 3.8) is 0 Å². The largest absolute Gasteiger partial charge is 0.514 e. The lowest BCUT2D eigenvalue weighted by Gasteiger charge is -2.09. The van der Waals surface area contributed by atoms with Crippen LogP contribution in [0.4, 0.5) is 4.79 Å². The average Bonchev–Trinajstić information content (AvgIpc) is 2.27. The van der Waals surface area contributed by atoms with Gasteiger partial charge in [-0.1, -0.05) is 31.2 Å². The molecule has 0 saturated carbocycles. The summed E-state index contributed by atoms with van der Waals surface area (Å²) in [5.74, 6) is 0.485. The van der Waals surface area contributed by atoms with Crippen LogP contribution in [0.25, 0.3) is 0 Å². The van der Waals surface area contributed by atoms with Gasteiger partial charge in [0, 0.05) is 0 Å². The van der Waals surface area contributed by atoms with Crippen LogP contribution in [0, 0.1) is 0 Å². The summed E-state index contributed by atoms with van der Waals surface area (Å²) in [6, 6.07) is 8.85. The van der Waals surface area contributed by atoms with Gasteiger partial charge < -0.3 is 9.47 Å². The molecule has 3 heteroatoms. The smallest absolute Gasteiger partial charge is 0.427 e. The molecule has 1 aromatic rings. The van der Waals surface area contributed by atoms with Gasteiger partial charge in [0.05, 0.1) is 0 Å². The van der Waals surface area contributed by atoms with E-state index in [-0.39, 0.29) is 6.10 Å². The molecule has 1 unspecified atom stereocenters. The molecule has 86 valence electrons. The first-order chi connectivity index (χ1) is 7.72. The fraction of sp³-hybridized carbons (Fsp3) is 0.308. The zero-order chi connectivity index (χ0) is 11.8. The first-order valence-electron chi connectivity index (χ1n) is 5.32. The molecule has 0 fully saturated rings. The lowest BCUT2D eigenvalue weighted by atomic mass is 10.3. The predicted molar refractivity (Wildman–Crippen MR) is 62.4 cm³/mol. The van der Waals surface area contributed by atoms with Crippen molar-refractivity contribution in [2.24, 2.45) is 0 Å². The van der Waals surface area contributed by atoms with Gasteiger partial charge in [-0.2, -0.15) is 0 Å². The Kier molecular flexibility index (Phi) is 5.12. The van der Waals surface area contributed by atoms with E-state index in [0.29, 0.717) is 5.75 Å². The van der Waals surface area contributed by atoms with Crippen LogP contribution in [0.15, 0.2) is 42.5 Å².